The summed E-state index contributed by atoms with van der Waals surface area (Å²) in [7, 11) is 0. The van der Waals surface area contributed by atoms with E-state index < -0.39 is 23.2 Å². The number of allylic oxidation sites excluding steroid dienone is 1. The van der Waals surface area contributed by atoms with E-state index in [1.54, 1.807) is 31.2 Å². The van der Waals surface area contributed by atoms with Crippen molar-refractivity contribution in [3.63, 3.8) is 0 Å². The van der Waals surface area contributed by atoms with Crippen LogP contribution in [-0.2, 0) is 30.5 Å². The molecule has 0 bridgehead atoms. The third-order valence-electron chi connectivity index (χ3n) is 4.78. The molecule has 9 heteroatoms. The molecule has 3 rings (SSSR count). The maximum Gasteiger partial charge on any atom is 0.416 e. The van der Waals surface area contributed by atoms with E-state index in [9.17, 15) is 22.8 Å². The number of benzene rings is 2. The lowest BCUT2D eigenvalue weighted by Gasteiger charge is -2.12. The van der Waals surface area contributed by atoms with E-state index in [1.165, 1.54) is 22.8 Å². The van der Waals surface area contributed by atoms with Gasteiger partial charge in [-0.3, -0.25) is 9.36 Å². The number of halogens is 4. The van der Waals surface area contributed by atoms with Crippen molar-refractivity contribution in [1.82, 2.24) is 14.3 Å². The molecule has 0 saturated heterocycles. The Bertz CT molecular complexity index is 1190. The number of hydrogen-bond donors (Lipinski definition) is 0. The van der Waals surface area contributed by atoms with Gasteiger partial charge in [-0.25, -0.2) is 9.48 Å². The Hall–Kier alpha value is -3.13. The largest absolute Gasteiger partial charge is 0.416 e. The fourth-order valence-corrected chi connectivity index (χ4v) is 3.43. The highest BCUT2D eigenvalue weighted by atomic mass is 35.5. The highest BCUT2D eigenvalue weighted by molar-refractivity contribution is 6.30. The van der Waals surface area contributed by atoms with Gasteiger partial charge in [-0.05, 0) is 49.2 Å². The van der Waals surface area contributed by atoms with Gasteiger partial charge in [-0.2, -0.15) is 13.2 Å². The molecule has 1 aromatic heterocycles. The van der Waals surface area contributed by atoms with Crippen LogP contribution in [0.15, 0.2) is 65.5 Å². The lowest BCUT2D eigenvalue weighted by Crippen LogP contribution is -2.28. The molecule has 0 atom stereocenters. The summed E-state index contributed by atoms with van der Waals surface area (Å²) in [6.45, 7) is 5.46. The number of carbonyl (C=O) groups excluding carboxylic acids is 1. The van der Waals surface area contributed by atoms with Gasteiger partial charge in [0, 0.05) is 23.6 Å². The molecule has 0 aliphatic carbocycles. The number of Topliss-reactive ketones (excluding diaryl/α,β-unsaturated/α-hetero) is 1. The van der Waals surface area contributed by atoms with Gasteiger partial charge in [0.2, 0.25) is 0 Å². The molecule has 168 valence electrons. The summed E-state index contributed by atoms with van der Waals surface area (Å²) in [4.78, 5) is 25.4. The van der Waals surface area contributed by atoms with Crippen LogP contribution < -0.4 is 5.69 Å². The number of hydrogen-bond acceptors (Lipinski definition) is 3. The summed E-state index contributed by atoms with van der Waals surface area (Å²) >= 11 is 5.93. The summed E-state index contributed by atoms with van der Waals surface area (Å²) < 4.78 is 41.9. The molecule has 0 N–H and O–H groups in total. The predicted molar refractivity (Wildman–Crippen MR) is 117 cm³/mol. The standard InChI is InChI=1S/C23H21ClF3N3O2/c1-15(2)13-29-21(17-7-10-18(24)11-8-17)28-30(22(29)32)14-19(31)12-9-16-5-3-4-6-20(16)23(25,26)27/h3-8,10-11H,1,9,12-14H2,2H3. The van der Waals surface area contributed by atoms with Crippen LogP contribution in [0.5, 0.6) is 0 Å². The van der Waals surface area contributed by atoms with Crippen LogP contribution in [0.1, 0.15) is 24.5 Å². The second kappa shape index (κ2) is 9.56. The summed E-state index contributed by atoms with van der Waals surface area (Å²) in [6, 6.07) is 11.9. The van der Waals surface area contributed by atoms with Crippen molar-refractivity contribution in [2.45, 2.75) is 39.0 Å². The molecule has 0 radical (unpaired) electrons. The number of rotatable bonds is 8. The number of alkyl halides is 3. The minimum atomic E-state index is -4.49. The first-order valence-electron chi connectivity index (χ1n) is 9.81. The van der Waals surface area contributed by atoms with Gasteiger partial charge in [-0.15, -0.1) is 5.10 Å². The van der Waals surface area contributed by atoms with Crippen molar-refractivity contribution in [2.75, 3.05) is 0 Å². The Balaban J connectivity index is 1.82. The maximum atomic E-state index is 13.2. The molecule has 0 saturated carbocycles. The molecule has 3 aromatic rings. The van der Waals surface area contributed by atoms with Crippen molar-refractivity contribution >= 4 is 17.4 Å². The zero-order chi connectivity index (χ0) is 23.5. The number of aryl methyl sites for hydroxylation is 1. The average Bonchev–Trinajstić information content (AvgIpc) is 3.01. The van der Waals surface area contributed by atoms with E-state index in [0.29, 0.717) is 16.4 Å². The van der Waals surface area contributed by atoms with Gasteiger partial charge >= 0.3 is 11.9 Å². The molecule has 0 amide bonds. The predicted octanol–water partition coefficient (Wildman–Crippen LogP) is 5.16. The van der Waals surface area contributed by atoms with E-state index in [4.69, 9.17) is 11.6 Å². The number of nitrogens with zero attached hydrogens (tertiary/aromatic N) is 3. The quantitative estimate of drug-likeness (QED) is 0.433. The number of ketones is 1. The molecule has 32 heavy (non-hydrogen) atoms. The van der Waals surface area contributed by atoms with E-state index in [2.05, 4.69) is 11.7 Å². The topological polar surface area (TPSA) is 56.9 Å². The summed E-state index contributed by atoms with van der Waals surface area (Å²) in [5.41, 5.74) is 0.132. The van der Waals surface area contributed by atoms with Crippen LogP contribution in [0.2, 0.25) is 5.02 Å². The van der Waals surface area contributed by atoms with E-state index in [-0.39, 0.29) is 31.5 Å². The van der Waals surface area contributed by atoms with Crippen LogP contribution in [0.4, 0.5) is 13.2 Å². The first-order valence-corrected chi connectivity index (χ1v) is 10.2. The molecule has 1 heterocycles. The zero-order valence-corrected chi connectivity index (χ0v) is 18.1. The van der Waals surface area contributed by atoms with Gasteiger partial charge in [-0.1, -0.05) is 42.0 Å². The van der Waals surface area contributed by atoms with Crippen molar-refractivity contribution in [1.29, 1.82) is 0 Å². The fourth-order valence-electron chi connectivity index (χ4n) is 3.30. The first kappa shape index (κ1) is 23.5. The highest BCUT2D eigenvalue weighted by Gasteiger charge is 2.32. The third kappa shape index (κ3) is 5.56. The Morgan fingerprint density at radius 3 is 2.38 bits per heavy atom. The van der Waals surface area contributed by atoms with E-state index in [1.807, 2.05) is 0 Å². The highest BCUT2D eigenvalue weighted by Crippen LogP contribution is 2.32. The molecule has 0 aliphatic heterocycles. The molecule has 5 nitrogen and oxygen atoms in total. The van der Waals surface area contributed by atoms with Crippen molar-refractivity contribution < 1.29 is 18.0 Å². The van der Waals surface area contributed by atoms with Crippen LogP contribution in [0.25, 0.3) is 11.4 Å². The fraction of sp³-hybridized carbons (Fsp3) is 0.261. The Morgan fingerprint density at radius 2 is 1.75 bits per heavy atom. The zero-order valence-electron chi connectivity index (χ0n) is 17.3. The van der Waals surface area contributed by atoms with Crippen LogP contribution in [0, 0.1) is 0 Å². The van der Waals surface area contributed by atoms with Crippen LogP contribution >= 0.6 is 11.6 Å². The van der Waals surface area contributed by atoms with Crippen molar-refractivity contribution in [2.24, 2.45) is 0 Å². The number of carbonyl (C=O) groups is 1. The molecule has 2 aromatic carbocycles. The lowest BCUT2D eigenvalue weighted by atomic mass is 10.0. The van der Waals surface area contributed by atoms with Crippen molar-refractivity contribution in [3.05, 3.63) is 87.3 Å². The van der Waals surface area contributed by atoms with Crippen LogP contribution in [0.3, 0.4) is 0 Å². The molecular formula is C23H21ClF3N3O2. The second-order valence-electron chi connectivity index (χ2n) is 7.51. The summed E-state index contributed by atoms with van der Waals surface area (Å²) in [5, 5.41) is 4.82. The Morgan fingerprint density at radius 1 is 1.09 bits per heavy atom. The SMILES string of the molecule is C=C(C)Cn1c(-c2ccc(Cl)cc2)nn(CC(=O)CCc2ccccc2C(F)(F)F)c1=O. The molecule has 0 fully saturated rings. The van der Waals surface area contributed by atoms with Gasteiger partial charge in [0.1, 0.15) is 6.54 Å². The Labute approximate surface area is 187 Å². The maximum absolute atomic E-state index is 13.2. The summed E-state index contributed by atoms with van der Waals surface area (Å²) in [5.74, 6) is -0.0448. The molecular weight excluding hydrogens is 443 g/mol. The minimum absolute atomic E-state index is 0.0374. The van der Waals surface area contributed by atoms with Crippen molar-refractivity contribution in [3.8, 4) is 11.4 Å². The van der Waals surface area contributed by atoms with Crippen LogP contribution in [-0.4, -0.2) is 20.1 Å². The summed E-state index contributed by atoms with van der Waals surface area (Å²) in [6.07, 6.45) is -4.73. The smallest absolute Gasteiger partial charge is 0.298 e. The minimum Gasteiger partial charge on any atom is -0.298 e. The van der Waals surface area contributed by atoms with E-state index in [0.717, 1.165) is 16.3 Å². The van der Waals surface area contributed by atoms with Gasteiger partial charge < -0.3 is 0 Å². The monoisotopic (exact) mass is 463 g/mol. The van der Waals surface area contributed by atoms with Gasteiger partial charge in [0.15, 0.2) is 11.6 Å². The van der Waals surface area contributed by atoms with Gasteiger partial charge in [0.25, 0.3) is 0 Å². The number of aromatic nitrogens is 3. The second-order valence-corrected chi connectivity index (χ2v) is 7.94. The molecule has 0 spiro atoms. The van der Waals surface area contributed by atoms with Gasteiger partial charge in [0.05, 0.1) is 5.56 Å². The molecule has 0 aliphatic rings. The normalized spacial score (nSPS) is 11.5. The molecule has 0 unspecified atom stereocenters. The Kier molecular flexibility index (Phi) is 7.03. The average molecular weight is 464 g/mol. The van der Waals surface area contributed by atoms with E-state index >= 15 is 0 Å². The lowest BCUT2D eigenvalue weighted by molar-refractivity contribution is -0.138. The third-order valence-corrected chi connectivity index (χ3v) is 5.03. The first-order chi connectivity index (χ1) is 15.1.